The lowest BCUT2D eigenvalue weighted by Gasteiger charge is -2.24. The molecule has 1 aliphatic rings. The fourth-order valence-corrected chi connectivity index (χ4v) is 3.24. The number of ether oxygens (including phenoxy) is 4. The molecule has 26 heavy (non-hydrogen) atoms. The molecule has 0 saturated carbocycles. The van der Waals surface area contributed by atoms with Crippen molar-refractivity contribution in [3.05, 3.63) is 58.1 Å². The maximum atomic E-state index is 13.2. The highest BCUT2D eigenvalue weighted by atomic mass is 35.5. The number of carbonyl (C=O) groups is 1. The Morgan fingerprint density at radius 1 is 1.08 bits per heavy atom. The maximum Gasteiger partial charge on any atom is 0.197 e. The molecule has 0 unspecified atom stereocenters. The molecule has 0 atom stereocenters. The van der Waals surface area contributed by atoms with Crippen LogP contribution >= 0.6 is 11.6 Å². The Morgan fingerprint density at radius 2 is 1.73 bits per heavy atom. The van der Waals surface area contributed by atoms with Crippen molar-refractivity contribution in [2.45, 2.75) is 19.1 Å². The standard InChI is InChI=1S/C20H21ClO5/c1-20(25-10-11-26-20)12-14-6-9-16(23-2)19(24-3)17(14)18(22)13-4-7-15(21)8-5-13/h4-9H,10-12H2,1-3H3. The molecular formula is C20H21ClO5. The summed E-state index contributed by atoms with van der Waals surface area (Å²) in [5, 5.41) is 0.569. The van der Waals surface area contributed by atoms with Crippen molar-refractivity contribution >= 4 is 17.4 Å². The van der Waals surface area contributed by atoms with Gasteiger partial charge in [-0.25, -0.2) is 0 Å². The lowest BCUT2D eigenvalue weighted by Crippen LogP contribution is -2.29. The predicted molar refractivity (Wildman–Crippen MR) is 98.4 cm³/mol. The van der Waals surface area contributed by atoms with Crippen molar-refractivity contribution in [3.8, 4) is 11.5 Å². The summed E-state index contributed by atoms with van der Waals surface area (Å²) in [6.45, 7) is 2.93. The van der Waals surface area contributed by atoms with E-state index in [-0.39, 0.29) is 5.78 Å². The molecule has 0 aromatic heterocycles. The number of benzene rings is 2. The molecule has 3 rings (SSSR count). The van der Waals surface area contributed by atoms with Gasteiger partial charge in [0.15, 0.2) is 23.1 Å². The molecule has 0 N–H and O–H groups in total. The van der Waals surface area contributed by atoms with Crippen LogP contribution in [0.5, 0.6) is 11.5 Å². The van der Waals surface area contributed by atoms with Gasteiger partial charge >= 0.3 is 0 Å². The number of rotatable bonds is 6. The third-order valence-corrected chi connectivity index (χ3v) is 4.63. The van der Waals surface area contributed by atoms with Gasteiger partial charge in [-0.05, 0) is 42.8 Å². The van der Waals surface area contributed by atoms with Crippen molar-refractivity contribution in [1.29, 1.82) is 0 Å². The highest BCUT2D eigenvalue weighted by molar-refractivity contribution is 6.30. The van der Waals surface area contributed by atoms with Crippen LogP contribution in [-0.4, -0.2) is 39.0 Å². The topological polar surface area (TPSA) is 54.0 Å². The summed E-state index contributed by atoms with van der Waals surface area (Å²) in [6, 6.07) is 10.4. The van der Waals surface area contributed by atoms with E-state index in [0.717, 1.165) is 5.56 Å². The monoisotopic (exact) mass is 376 g/mol. The number of halogens is 1. The first-order valence-electron chi connectivity index (χ1n) is 8.29. The van der Waals surface area contributed by atoms with E-state index >= 15 is 0 Å². The fourth-order valence-electron chi connectivity index (χ4n) is 3.11. The van der Waals surface area contributed by atoms with Crippen molar-refractivity contribution in [2.24, 2.45) is 0 Å². The number of methoxy groups -OCH3 is 2. The van der Waals surface area contributed by atoms with E-state index < -0.39 is 5.79 Å². The van der Waals surface area contributed by atoms with E-state index in [2.05, 4.69) is 0 Å². The molecule has 1 heterocycles. The zero-order valence-corrected chi connectivity index (χ0v) is 15.8. The van der Waals surface area contributed by atoms with E-state index in [0.29, 0.717) is 47.3 Å². The Kier molecular flexibility index (Phi) is 5.51. The van der Waals surface area contributed by atoms with Crippen LogP contribution in [0.2, 0.25) is 5.02 Å². The molecule has 2 aromatic rings. The average molecular weight is 377 g/mol. The molecule has 0 spiro atoms. The molecule has 0 amide bonds. The van der Waals surface area contributed by atoms with E-state index in [1.807, 2.05) is 13.0 Å². The third-order valence-electron chi connectivity index (χ3n) is 4.38. The molecule has 6 heteroatoms. The van der Waals surface area contributed by atoms with Crippen molar-refractivity contribution in [3.63, 3.8) is 0 Å². The Balaban J connectivity index is 2.09. The Bertz CT molecular complexity index is 795. The normalized spacial score (nSPS) is 15.7. The van der Waals surface area contributed by atoms with Crippen molar-refractivity contribution < 1.29 is 23.7 Å². The summed E-state index contributed by atoms with van der Waals surface area (Å²) in [5.74, 6) is -0.0539. The van der Waals surface area contributed by atoms with Gasteiger partial charge in [0.1, 0.15) is 0 Å². The smallest absolute Gasteiger partial charge is 0.197 e. The molecular weight excluding hydrogens is 356 g/mol. The second-order valence-electron chi connectivity index (χ2n) is 6.18. The third kappa shape index (κ3) is 3.70. The van der Waals surface area contributed by atoms with Crippen molar-refractivity contribution in [1.82, 2.24) is 0 Å². The lowest BCUT2D eigenvalue weighted by molar-refractivity contribution is -0.140. The Hall–Kier alpha value is -2.08. The predicted octanol–water partition coefficient (Wildman–Crippen LogP) is 3.89. The minimum absolute atomic E-state index is 0.172. The second kappa shape index (κ2) is 7.66. The lowest BCUT2D eigenvalue weighted by atomic mass is 9.93. The average Bonchev–Trinajstić information content (AvgIpc) is 3.07. The van der Waals surface area contributed by atoms with Gasteiger partial charge in [0.2, 0.25) is 0 Å². The van der Waals surface area contributed by atoms with Gasteiger partial charge in [-0.15, -0.1) is 0 Å². The zero-order chi connectivity index (χ0) is 18.7. The number of ketones is 1. The highest BCUT2D eigenvalue weighted by Gasteiger charge is 2.34. The van der Waals surface area contributed by atoms with E-state index in [4.69, 9.17) is 30.5 Å². The summed E-state index contributed by atoms with van der Waals surface area (Å²) in [4.78, 5) is 13.2. The van der Waals surface area contributed by atoms with Crippen LogP contribution in [0, 0.1) is 0 Å². The highest BCUT2D eigenvalue weighted by Crippen LogP contribution is 2.37. The van der Waals surface area contributed by atoms with Gasteiger partial charge in [-0.3, -0.25) is 4.79 Å². The summed E-state index contributed by atoms with van der Waals surface area (Å²) in [7, 11) is 3.06. The van der Waals surface area contributed by atoms with Crippen LogP contribution in [0.3, 0.4) is 0 Å². The molecule has 0 bridgehead atoms. The molecule has 1 saturated heterocycles. The molecule has 1 aliphatic heterocycles. The van der Waals surface area contributed by atoms with Gasteiger partial charge in [0, 0.05) is 17.0 Å². The summed E-state index contributed by atoms with van der Waals surface area (Å²) in [6.07, 6.45) is 0.419. The first-order valence-corrected chi connectivity index (χ1v) is 8.67. The minimum Gasteiger partial charge on any atom is -0.493 e. The molecule has 138 valence electrons. The molecule has 2 aromatic carbocycles. The van der Waals surface area contributed by atoms with Gasteiger partial charge in [-0.1, -0.05) is 17.7 Å². The largest absolute Gasteiger partial charge is 0.493 e. The van der Waals surface area contributed by atoms with Gasteiger partial charge in [0.05, 0.1) is 33.0 Å². The summed E-state index contributed by atoms with van der Waals surface area (Å²) >= 11 is 5.94. The van der Waals surface area contributed by atoms with Crippen LogP contribution in [-0.2, 0) is 15.9 Å². The first-order chi connectivity index (χ1) is 12.5. The van der Waals surface area contributed by atoms with Crippen LogP contribution in [0.1, 0.15) is 28.4 Å². The van der Waals surface area contributed by atoms with E-state index in [1.54, 1.807) is 37.4 Å². The van der Waals surface area contributed by atoms with Crippen molar-refractivity contribution in [2.75, 3.05) is 27.4 Å². The summed E-state index contributed by atoms with van der Waals surface area (Å²) in [5.41, 5.74) is 1.72. The van der Waals surface area contributed by atoms with Gasteiger partial charge in [-0.2, -0.15) is 0 Å². The van der Waals surface area contributed by atoms with E-state index in [1.165, 1.54) is 7.11 Å². The maximum absolute atomic E-state index is 13.2. The molecule has 1 fully saturated rings. The SMILES string of the molecule is COc1ccc(CC2(C)OCCO2)c(C(=O)c2ccc(Cl)cc2)c1OC. The zero-order valence-electron chi connectivity index (χ0n) is 15.0. The second-order valence-corrected chi connectivity index (χ2v) is 6.62. The van der Waals surface area contributed by atoms with Crippen LogP contribution < -0.4 is 9.47 Å². The Labute approximate surface area is 157 Å². The number of hydrogen-bond donors (Lipinski definition) is 0. The minimum atomic E-state index is -0.769. The van der Waals surface area contributed by atoms with Crippen LogP contribution in [0.15, 0.2) is 36.4 Å². The van der Waals surface area contributed by atoms with Gasteiger partial charge in [0.25, 0.3) is 0 Å². The number of hydrogen-bond acceptors (Lipinski definition) is 5. The molecule has 0 radical (unpaired) electrons. The first kappa shape index (κ1) is 18.7. The fraction of sp³-hybridized carbons (Fsp3) is 0.350. The Morgan fingerprint density at radius 3 is 2.31 bits per heavy atom. The van der Waals surface area contributed by atoms with E-state index in [9.17, 15) is 4.79 Å². The molecule has 0 aliphatic carbocycles. The quantitative estimate of drug-likeness (QED) is 0.716. The van der Waals surface area contributed by atoms with Crippen LogP contribution in [0.4, 0.5) is 0 Å². The summed E-state index contributed by atoms with van der Waals surface area (Å²) < 4.78 is 22.3. The molecule has 5 nitrogen and oxygen atoms in total. The number of carbonyl (C=O) groups excluding carboxylic acids is 1. The van der Waals surface area contributed by atoms with Gasteiger partial charge < -0.3 is 18.9 Å². The van der Waals surface area contributed by atoms with Crippen LogP contribution in [0.25, 0.3) is 0 Å².